The fourth-order valence-electron chi connectivity index (χ4n) is 1.77. The first-order valence-electron chi connectivity index (χ1n) is 6.37. The van der Waals surface area contributed by atoms with Crippen LogP contribution in [0.2, 0.25) is 0 Å². The maximum atomic E-state index is 11.4. The number of benzene rings is 1. The summed E-state index contributed by atoms with van der Waals surface area (Å²) < 4.78 is 10.9. The minimum atomic E-state index is -0.578. The van der Waals surface area contributed by atoms with Gasteiger partial charge in [-0.25, -0.2) is 4.98 Å². The second-order valence-electron chi connectivity index (χ2n) is 4.05. The molecule has 0 bridgehead atoms. The topological polar surface area (TPSA) is 99.4 Å². The first-order chi connectivity index (χ1) is 10.2. The number of primary amides is 1. The van der Waals surface area contributed by atoms with Gasteiger partial charge in [-0.2, -0.15) is 4.98 Å². The minimum absolute atomic E-state index is 0.206. The van der Waals surface area contributed by atoms with Gasteiger partial charge in [0.1, 0.15) is 12.1 Å². The molecule has 110 valence electrons. The molecule has 7 nitrogen and oxygen atoms in total. The highest BCUT2D eigenvalue weighted by Gasteiger charge is 2.16. The largest absolute Gasteiger partial charge is 0.489 e. The zero-order chi connectivity index (χ0) is 15.2. The Kier molecular flexibility index (Phi) is 4.55. The molecule has 2 rings (SSSR count). The molecular formula is C14H16N4O3. The molecule has 1 amide bonds. The van der Waals surface area contributed by atoms with Crippen LogP contribution in [-0.4, -0.2) is 29.5 Å². The second kappa shape index (κ2) is 6.56. The van der Waals surface area contributed by atoms with Crippen molar-refractivity contribution in [2.24, 2.45) is 5.73 Å². The number of aromatic nitrogens is 2. The Morgan fingerprint density at radius 3 is 2.76 bits per heavy atom. The Balaban J connectivity index is 2.40. The Morgan fingerprint density at radius 2 is 2.10 bits per heavy atom. The number of rotatable bonds is 6. The highest BCUT2D eigenvalue weighted by atomic mass is 16.5. The number of carbonyl (C=O) groups excluding carboxylic acids is 1. The first-order valence-corrected chi connectivity index (χ1v) is 6.37. The van der Waals surface area contributed by atoms with Gasteiger partial charge in [-0.3, -0.25) is 4.79 Å². The number of para-hydroxylation sites is 1. The lowest BCUT2D eigenvalue weighted by Gasteiger charge is -2.13. The predicted molar refractivity (Wildman–Crippen MR) is 77.8 cm³/mol. The highest BCUT2D eigenvalue weighted by molar-refractivity contribution is 5.95. The molecule has 0 unspecified atom stereocenters. The fourth-order valence-corrected chi connectivity index (χ4v) is 1.77. The minimum Gasteiger partial charge on any atom is -0.489 e. The normalized spacial score (nSPS) is 10.0. The number of hydrogen-bond donors (Lipinski definition) is 2. The summed E-state index contributed by atoms with van der Waals surface area (Å²) in [7, 11) is 1.49. The van der Waals surface area contributed by atoms with E-state index in [4.69, 9.17) is 15.2 Å². The molecule has 1 aromatic carbocycles. The molecule has 0 saturated heterocycles. The molecule has 0 spiro atoms. The third kappa shape index (κ3) is 3.19. The van der Waals surface area contributed by atoms with Crippen LogP contribution in [0.25, 0.3) is 0 Å². The molecule has 0 saturated carbocycles. The third-order valence-electron chi connectivity index (χ3n) is 2.68. The molecule has 2 aromatic rings. The number of nitrogens with two attached hydrogens (primary N) is 1. The van der Waals surface area contributed by atoms with Crippen LogP contribution in [0, 0.1) is 0 Å². The number of methoxy groups -OCH3 is 1. The van der Waals surface area contributed by atoms with Crippen molar-refractivity contribution in [2.75, 3.05) is 19.0 Å². The van der Waals surface area contributed by atoms with Crippen molar-refractivity contribution in [1.29, 1.82) is 0 Å². The van der Waals surface area contributed by atoms with Gasteiger partial charge in [-0.15, -0.1) is 0 Å². The van der Waals surface area contributed by atoms with Gasteiger partial charge >= 0.3 is 0 Å². The Morgan fingerprint density at radius 1 is 1.33 bits per heavy atom. The van der Waals surface area contributed by atoms with E-state index in [1.807, 2.05) is 6.92 Å². The monoisotopic (exact) mass is 288 g/mol. The van der Waals surface area contributed by atoms with E-state index in [0.29, 0.717) is 23.9 Å². The summed E-state index contributed by atoms with van der Waals surface area (Å²) in [4.78, 5) is 19.5. The summed E-state index contributed by atoms with van der Waals surface area (Å²) in [6.45, 7) is 2.61. The number of ether oxygens (including phenoxy) is 2. The summed E-state index contributed by atoms with van der Waals surface area (Å²) >= 11 is 0. The second-order valence-corrected chi connectivity index (χ2v) is 4.05. The van der Waals surface area contributed by atoms with E-state index in [0.717, 1.165) is 0 Å². The van der Waals surface area contributed by atoms with Crippen molar-refractivity contribution in [1.82, 2.24) is 9.97 Å². The van der Waals surface area contributed by atoms with Crippen LogP contribution in [0.5, 0.6) is 17.4 Å². The van der Waals surface area contributed by atoms with Crippen molar-refractivity contribution in [2.45, 2.75) is 6.92 Å². The van der Waals surface area contributed by atoms with Gasteiger partial charge < -0.3 is 20.5 Å². The van der Waals surface area contributed by atoms with Gasteiger partial charge in [-0.05, 0) is 19.1 Å². The molecule has 0 aliphatic carbocycles. The smallest absolute Gasteiger partial charge is 0.268 e. The molecule has 3 N–H and O–H groups in total. The van der Waals surface area contributed by atoms with E-state index < -0.39 is 5.91 Å². The molecule has 0 fully saturated rings. The van der Waals surface area contributed by atoms with E-state index in [-0.39, 0.29) is 11.4 Å². The highest BCUT2D eigenvalue weighted by Crippen LogP contribution is 2.35. The Hall–Kier alpha value is -2.83. The lowest BCUT2D eigenvalue weighted by Crippen LogP contribution is -2.12. The summed E-state index contributed by atoms with van der Waals surface area (Å²) in [6.07, 6.45) is 1.35. The van der Waals surface area contributed by atoms with Gasteiger partial charge in [0.15, 0.2) is 5.82 Å². The lowest BCUT2D eigenvalue weighted by molar-refractivity contribution is 0.0998. The number of nitrogens with one attached hydrogen (secondary N) is 1. The maximum absolute atomic E-state index is 11.4. The van der Waals surface area contributed by atoms with Gasteiger partial charge in [0.05, 0.1) is 12.7 Å². The number of nitrogens with zero attached hydrogens (tertiary/aromatic N) is 2. The molecule has 0 radical (unpaired) electrons. The van der Waals surface area contributed by atoms with E-state index >= 15 is 0 Å². The summed E-state index contributed by atoms with van der Waals surface area (Å²) in [5, 5.41) is 3.04. The predicted octanol–water partition coefficient (Wildman–Crippen LogP) is 1.81. The maximum Gasteiger partial charge on any atom is 0.268 e. The average Bonchev–Trinajstić information content (AvgIpc) is 2.48. The average molecular weight is 288 g/mol. The van der Waals surface area contributed by atoms with Gasteiger partial charge in [0, 0.05) is 6.54 Å². The van der Waals surface area contributed by atoms with E-state index in [9.17, 15) is 4.79 Å². The third-order valence-corrected chi connectivity index (χ3v) is 2.68. The number of carbonyl (C=O) groups is 1. The van der Waals surface area contributed by atoms with Gasteiger partial charge in [0.2, 0.25) is 5.75 Å². The van der Waals surface area contributed by atoms with Gasteiger partial charge in [0.25, 0.3) is 11.8 Å². The zero-order valence-corrected chi connectivity index (χ0v) is 11.8. The van der Waals surface area contributed by atoms with Crippen LogP contribution in [0.1, 0.15) is 17.3 Å². The van der Waals surface area contributed by atoms with Gasteiger partial charge in [-0.1, -0.05) is 12.1 Å². The number of anilines is 1. The lowest BCUT2D eigenvalue weighted by atomic mass is 10.2. The van der Waals surface area contributed by atoms with E-state index in [1.165, 1.54) is 13.4 Å². The Bertz CT molecular complexity index is 646. The molecule has 21 heavy (non-hydrogen) atoms. The van der Waals surface area contributed by atoms with Crippen molar-refractivity contribution < 1.29 is 14.3 Å². The van der Waals surface area contributed by atoms with Crippen LogP contribution >= 0.6 is 0 Å². The summed E-state index contributed by atoms with van der Waals surface area (Å²) in [5.74, 6) is 0.812. The molecule has 1 aromatic heterocycles. The van der Waals surface area contributed by atoms with Crippen molar-refractivity contribution in [3.8, 4) is 17.4 Å². The zero-order valence-electron chi connectivity index (χ0n) is 11.8. The summed E-state index contributed by atoms with van der Waals surface area (Å²) in [5.41, 5.74) is 5.59. The van der Waals surface area contributed by atoms with Crippen LogP contribution < -0.4 is 20.5 Å². The first kappa shape index (κ1) is 14.6. The number of hydrogen-bond acceptors (Lipinski definition) is 6. The quantitative estimate of drug-likeness (QED) is 0.841. The van der Waals surface area contributed by atoms with E-state index in [1.54, 1.807) is 24.3 Å². The molecule has 7 heteroatoms. The standard InChI is InChI=1S/C14H16N4O3/c1-3-16-13-11(20-2)14(18-8-17-13)21-10-7-5-4-6-9(10)12(15)19/h4-8H,3H2,1-2H3,(H2,15,19)(H,16,17,18). The molecule has 0 aliphatic heterocycles. The van der Waals surface area contributed by atoms with Crippen LogP contribution in [0.15, 0.2) is 30.6 Å². The molecule has 1 heterocycles. The van der Waals surface area contributed by atoms with Crippen LogP contribution in [-0.2, 0) is 0 Å². The molecular weight excluding hydrogens is 272 g/mol. The summed E-state index contributed by atoms with van der Waals surface area (Å²) in [6, 6.07) is 6.65. The van der Waals surface area contributed by atoms with Crippen LogP contribution in [0.3, 0.4) is 0 Å². The fraction of sp³-hybridized carbons (Fsp3) is 0.214. The van der Waals surface area contributed by atoms with Crippen LogP contribution in [0.4, 0.5) is 5.82 Å². The number of amides is 1. The van der Waals surface area contributed by atoms with Crippen molar-refractivity contribution in [3.63, 3.8) is 0 Å². The van der Waals surface area contributed by atoms with E-state index in [2.05, 4.69) is 15.3 Å². The molecule has 0 aliphatic rings. The molecule has 0 atom stereocenters. The SMILES string of the molecule is CCNc1ncnc(Oc2ccccc2C(N)=O)c1OC. The Labute approximate surface area is 122 Å². The van der Waals surface area contributed by atoms with Crippen molar-refractivity contribution >= 4 is 11.7 Å². The van der Waals surface area contributed by atoms with Crippen molar-refractivity contribution in [3.05, 3.63) is 36.2 Å².